The number of aromatic nitrogens is 2. The number of para-hydroxylation sites is 1. The minimum absolute atomic E-state index is 0.643. The Balaban J connectivity index is 2.32. The molecule has 0 aliphatic heterocycles. The van der Waals surface area contributed by atoms with Gasteiger partial charge in [-0.3, -0.25) is 4.57 Å². The number of anilines is 1. The van der Waals surface area contributed by atoms with E-state index >= 15 is 0 Å². The van der Waals surface area contributed by atoms with Gasteiger partial charge in [0.1, 0.15) is 0 Å². The predicted octanol–water partition coefficient (Wildman–Crippen LogP) is 4.41. The van der Waals surface area contributed by atoms with Crippen molar-refractivity contribution in [1.29, 1.82) is 0 Å². The van der Waals surface area contributed by atoms with Gasteiger partial charge in [-0.25, -0.2) is 0 Å². The van der Waals surface area contributed by atoms with E-state index in [1.165, 1.54) is 0 Å². The first-order chi connectivity index (χ1) is 9.58. The molecule has 0 bridgehead atoms. The lowest BCUT2D eigenvalue weighted by atomic mass is 10.2. The molecule has 0 radical (unpaired) electrons. The van der Waals surface area contributed by atoms with Crippen LogP contribution in [0.15, 0.2) is 42.5 Å². The quantitative estimate of drug-likeness (QED) is 0.709. The number of halogens is 1. The lowest BCUT2D eigenvalue weighted by Crippen LogP contribution is -2.09. The smallest absolute Gasteiger partial charge is 0.182 e. The molecule has 0 saturated carbocycles. The number of hydrogen-bond acceptors (Lipinski definition) is 2. The van der Waals surface area contributed by atoms with Crippen LogP contribution in [0.1, 0.15) is 0 Å². The second kappa shape index (κ2) is 4.96. The Hall–Kier alpha value is -1.78. The van der Waals surface area contributed by atoms with Gasteiger partial charge in [0.2, 0.25) is 0 Å². The molecule has 1 aromatic heterocycles. The number of benzene rings is 2. The van der Waals surface area contributed by atoms with Crippen molar-refractivity contribution >= 4 is 40.5 Å². The monoisotopic (exact) mass is 303 g/mol. The van der Waals surface area contributed by atoms with Crippen molar-refractivity contribution in [2.45, 2.75) is 0 Å². The average Bonchev–Trinajstić information content (AvgIpc) is 2.76. The number of hydrogen-bond donors (Lipinski definition) is 1. The van der Waals surface area contributed by atoms with E-state index in [0.717, 1.165) is 22.4 Å². The van der Waals surface area contributed by atoms with E-state index in [2.05, 4.69) is 22.0 Å². The molecule has 102 valence electrons. The Morgan fingerprint density at radius 1 is 1.15 bits per heavy atom. The molecule has 0 aliphatic rings. The minimum Gasteiger partial charge on any atom is -0.378 e. The summed E-state index contributed by atoms with van der Waals surface area (Å²) in [6.07, 6.45) is 0. The molecule has 0 fully saturated rings. The number of fused-ring (bicyclic) bond motifs is 1. The Kier molecular flexibility index (Phi) is 3.28. The highest BCUT2D eigenvalue weighted by atomic mass is 35.5. The maximum absolute atomic E-state index is 6.33. The first-order valence-electron chi connectivity index (χ1n) is 6.25. The van der Waals surface area contributed by atoms with E-state index < -0.39 is 0 Å². The first-order valence-corrected chi connectivity index (χ1v) is 7.03. The normalized spacial score (nSPS) is 10.9. The maximum Gasteiger partial charge on any atom is 0.182 e. The van der Waals surface area contributed by atoms with Crippen molar-refractivity contribution in [3.63, 3.8) is 0 Å². The summed E-state index contributed by atoms with van der Waals surface area (Å²) in [4.78, 5) is 5.25. The first kappa shape index (κ1) is 13.2. The number of rotatable bonds is 2. The molecule has 0 spiro atoms. The van der Waals surface area contributed by atoms with Crippen molar-refractivity contribution in [2.24, 2.45) is 0 Å². The average molecular weight is 304 g/mol. The number of H-pyrrole nitrogens is 1. The summed E-state index contributed by atoms with van der Waals surface area (Å²) in [6, 6.07) is 14.0. The topological polar surface area (TPSA) is 24.0 Å². The Bertz CT molecular complexity index is 832. The van der Waals surface area contributed by atoms with Gasteiger partial charge in [0.15, 0.2) is 4.77 Å². The highest BCUT2D eigenvalue weighted by Crippen LogP contribution is 2.27. The molecule has 3 rings (SSSR count). The second-order valence-corrected chi connectivity index (χ2v) is 5.61. The van der Waals surface area contributed by atoms with Crippen LogP contribution in [-0.4, -0.2) is 23.6 Å². The van der Waals surface area contributed by atoms with Gasteiger partial charge in [-0.2, -0.15) is 0 Å². The summed E-state index contributed by atoms with van der Waals surface area (Å²) >= 11 is 11.8. The predicted molar refractivity (Wildman–Crippen MR) is 87.8 cm³/mol. The van der Waals surface area contributed by atoms with Gasteiger partial charge in [-0.15, -0.1) is 0 Å². The molecule has 0 atom stereocenters. The van der Waals surface area contributed by atoms with Gasteiger partial charge in [-0.05, 0) is 42.5 Å². The minimum atomic E-state index is 0.643. The van der Waals surface area contributed by atoms with E-state index in [1.54, 1.807) is 0 Å². The van der Waals surface area contributed by atoms with E-state index in [4.69, 9.17) is 23.8 Å². The zero-order chi connectivity index (χ0) is 14.3. The lowest BCUT2D eigenvalue weighted by Gasteiger charge is -2.14. The zero-order valence-corrected chi connectivity index (χ0v) is 12.8. The molecule has 2 aromatic carbocycles. The fourth-order valence-electron chi connectivity index (χ4n) is 2.27. The van der Waals surface area contributed by atoms with Crippen LogP contribution in [0.2, 0.25) is 5.02 Å². The largest absolute Gasteiger partial charge is 0.378 e. The summed E-state index contributed by atoms with van der Waals surface area (Å²) in [6.45, 7) is 0. The highest BCUT2D eigenvalue weighted by Gasteiger charge is 2.10. The number of imidazole rings is 1. The van der Waals surface area contributed by atoms with Gasteiger partial charge in [0, 0.05) is 19.8 Å². The summed E-state index contributed by atoms with van der Waals surface area (Å²) in [5.74, 6) is 0. The Morgan fingerprint density at radius 3 is 2.65 bits per heavy atom. The van der Waals surface area contributed by atoms with Gasteiger partial charge in [-0.1, -0.05) is 23.7 Å². The number of aromatic amines is 1. The van der Waals surface area contributed by atoms with Crippen molar-refractivity contribution < 1.29 is 0 Å². The summed E-state index contributed by atoms with van der Waals surface area (Å²) in [5.41, 5.74) is 3.97. The molecule has 0 aliphatic carbocycles. The van der Waals surface area contributed by atoms with Crippen LogP contribution in [0.3, 0.4) is 0 Å². The van der Waals surface area contributed by atoms with Gasteiger partial charge in [0.05, 0.1) is 21.7 Å². The molecular formula is C15H14ClN3S. The molecule has 3 aromatic rings. The molecule has 20 heavy (non-hydrogen) atoms. The molecule has 5 heteroatoms. The molecule has 0 saturated heterocycles. The van der Waals surface area contributed by atoms with Crippen molar-refractivity contribution in [2.75, 3.05) is 19.0 Å². The summed E-state index contributed by atoms with van der Waals surface area (Å²) in [7, 11) is 4.03. The van der Waals surface area contributed by atoms with Gasteiger partial charge >= 0.3 is 0 Å². The Morgan fingerprint density at radius 2 is 1.90 bits per heavy atom. The van der Waals surface area contributed by atoms with Crippen molar-refractivity contribution in [1.82, 2.24) is 9.55 Å². The van der Waals surface area contributed by atoms with Crippen LogP contribution >= 0.6 is 23.8 Å². The molecule has 1 heterocycles. The molecule has 0 unspecified atom stereocenters. The highest BCUT2D eigenvalue weighted by molar-refractivity contribution is 7.71. The summed E-state index contributed by atoms with van der Waals surface area (Å²) in [5, 5.41) is 0.685. The van der Waals surface area contributed by atoms with Crippen LogP contribution in [0, 0.1) is 4.77 Å². The number of nitrogens with zero attached hydrogens (tertiary/aromatic N) is 2. The van der Waals surface area contributed by atoms with Crippen LogP contribution in [0.25, 0.3) is 16.7 Å². The third-order valence-corrected chi connectivity index (χ3v) is 3.85. The molecular weight excluding hydrogens is 290 g/mol. The zero-order valence-electron chi connectivity index (χ0n) is 11.2. The summed E-state index contributed by atoms with van der Waals surface area (Å²) < 4.78 is 2.61. The van der Waals surface area contributed by atoms with Crippen LogP contribution in [0.4, 0.5) is 5.69 Å². The maximum atomic E-state index is 6.33. The second-order valence-electron chi connectivity index (χ2n) is 4.82. The fraction of sp³-hybridized carbons (Fsp3) is 0.133. The van der Waals surface area contributed by atoms with E-state index in [1.807, 2.05) is 49.0 Å². The third kappa shape index (κ3) is 2.11. The van der Waals surface area contributed by atoms with Crippen LogP contribution < -0.4 is 4.90 Å². The van der Waals surface area contributed by atoms with Crippen LogP contribution in [-0.2, 0) is 0 Å². The Labute approximate surface area is 127 Å². The molecule has 3 nitrogen and oxygen atoms in total. The SMILES string of the molecule is CN(C)c1cccc(-n2c(=S)[nH]c3cccc(Cl)c32)c1. The lowest BCUT2D eigenvalue weighted by molar-refractivity contribution is 1.05. The van der Waals surface area contributed by atoms with Crippen molar-refractivity contribution in [3.05, 3.63) is 52.3 Å². The molecule has 1 N–H and O–H groups in total. The van der Waals surface area contributed by atoms with Crippen molar-refractivity contribution in [3.8, 4) is 5.69 Å². The van der Waals surface area contributed by atoms with Gasteiger partial charge < -0.3 is 9.88 Å². The van der Waals surface area contributed by atoms with E-state index in [-0.39, 0.29) is 0 Å². The molecule has 0 amide bonds. The number of nitrogens with one attached hydrogen (secondary N) is 1. The van der Waals surface area contributed by atoms with E-state index in [0.29, 0.717) is 9.79 Å². The standard InChI is InChI=1S/C15H14ClN3S/c1-18(2)10-5-3-6-11(9-10)19-14-12(16)7-4-8-13(14)17-15(19)20/h3-9H,1-2H3,(H,17,20). The van der Waals surface area contributed by atoms with Gasteiger partial charge in [0.25, 0.3) is 0 Å². The fourth-order valence-corrected chi connectivity index (χ4v) is 2.84. The third-order valence-electron chi connectivity index (χ3n) is 3.26. The van der Waals surface area contributed by atoms with Crippen LogP contribution in [0.5, 0.6) is 0 Å². The van der Waals surface area contributed by atoms with E-state index in [9.17, 15) is 0 Å².